The Bertz CT molecular complexity index is 752. The summed E-state index contributed by atoms with van der Waals surface area (Å²) in [5.74, 6) is 0. The second-order valence-electron chi connectivity index (χ2n) is 5.16. The van der Waals surface area contributed by atoms with E-state index in [0.29, 0.717) is 0 Å². The van der Waals surface area contributed by atoms with Crippen LogP contribution in [0.25, 0.3) is 22.5 Å². The first-order valence-electron chi connectivity index (χ1n) is 7.53. The smallest absolute Gasteiger partial charge is 0.116 e. The predicted molar refractivity (Wildman–Crippen MR) is 91.8 cm³/mol. The quantitative estimate of drug-likeness (QED) is 0.765. The van der Waals surface area contributed by atoms with Crippen molar-refractivity contribution in [1.29, 1.82) is 0 Å². The topological polar surface area (TPSA) is 37.8 Å². The molecule has 0 aliphatic heterocycles. The van der Waals surface area contributed by atoms with Gasteiger partial charge in [-0.15, -0.1) is 10.2 Å². The summed E-state index contributed by atoms with van der Waals surface area (Å²) >= 11 is 0. The molecule has 3 aromatic rings. The predicted octanol–water partition coefficient (Wildman–Crippen LogP) is 4.55. The molecule has 0 amide bonds. The minimum absolute atomic E-state index is 0.848. The Kier molecular flexibility index (Phi) is 4.15. The summed E-state index contributed by atoms with van der Waals surface area (Å²) in [5.41, 5.74) is 6.18. The number of hydrogen-bond donors (Lipinski definition) is 1. The zero-order valence-corrected chi connectivity index (χ0v) is 12.9. The molecule has 1 aromatic heterocycles. The minimum Gasteiger partial charge on any atom is -0.383 e. The van der Waals surface area contributed by atoms with Crippen molar-refractivity contribution in [1.82, 2.24) is 10.2 Å². The third kappa shape index (κ3) is 2.70. The second kappa shape index (κ2) is 6.39. The molecule has 0 radical (unpaired) electrons. The fourth-order valence-electron chi connectivity index (χ4n) is 2.58. The lowest BCUT2D eigenvalue weighted by Gasteiger charge is -2.15. The molecular weight excluding hydrogens is 270 g/mol. The number of aromatic nitrogens is 2. The standard InChI is InChI=1S/C19H19N3/c1-3-20-18-14(2)17(15-10-6-4-7-11-15)21-22-19(18)16-12-8-5-9-13-16/h4-13H,3H2,1-2H3,(H,20,21). The summed E-state index contributed by atoms with van der Waals surface area (Å²) in [6, 6.07) is 20.4. The molecule has 22 heavy (non-hydrogen) atoms. The van der Waals surface area contributed by atoms with Crippen molar-refractivity contribution < 1.29 is 0 Å². The number of hydrogen-bond acceptors (Lipinski definition) is 3. The molecule has 1 heterocycles. The molecule has 110 valence electrons. The van der Waals surface area contributed by atoms with Gasteiger partial charge in [0, 0.05) is 23.2 Å². The summed E-state index contributed by atoms with van der Waals surface area (Å²) in [4.78, 5) is 0. The van der Waals surface area contributed by atoms with E-state index in [1.54, 1.807) is 0 Å². The molecule has 0 spiro atoms. The summed E-state index contributed by atoms with van der Waals surface area (Å²) in [5, 5.41) is 12.4. The fourth-order valence-corrected chi connectivity index (χ4v) is 2.58. The molecule has 0 saturated carbocycles. The molecule has 0 unspecified atom stereocenters. The maximum absolute atomic E-state index is 4.49. The van der Waals surface area contributed by atoms with Crippen LogP contribution in [0.3, 0.4) is 0 Å². The highest BCUT2D eigenvalue weighted by Gasteiger charge is 2.15. The van der Waals surface area contributed by atoms with Crippen molar-refractivity contribution in [3.05, 3.63) is 66.2 Å². The lowest BCUT2D eigenvalue weighted by molar-refractivity contribution is 1.02. The molecule has 0 aliphatic rings. The van der Waals surface area contributed by atoms with E-state index < -0.39 is 0 Å². The first-order chi connectivity index (χ1) is 10.8. The Balaban J connectivity index is 2.16. The van der Waals surface area contributed by atoms with Gasteiger partial charge in [-0.25, -0.2) is 0 Å². The number of nitrogens with zero attached hydrogens (tertiary/aromatic N) is 2. The Morgan fingerprint density at radius 1 is 0.773 bits per heavy atom. The van der Waals surface area contributed by atoms with Crippen LogP contribution in [0.2, 0.25) is 0 Å². The van der Waals surface area contributed by atoms with Gasteiger partial charge in [0.25, 0.3) is 0 Å². The minimum atomic E-state index is 0.848. The van der Waals surface area contributed by atoms with Crippen LogP contribution in [-0.4, -0.2) is 16.7 Å². The van der Waals surface area contributed by atoms with Gasteiger partial charge in [0.1, 0.15) is 5.69 Å². The average Bonchev–Trinajstić information content (AvgIpc) is 2.58. The van der Waals surface area contributed by atoms with E-state index >= 15 is 0 Å². The van der Waals surface area contributed by atoms with Crippen LogP contribution in [0.15, 0.2) is 60.7 Å². The number of rotatable bonds is 4. The average molecular weight is 289 g/mol. The Morgan fingerprint density at radius 3 is 1.82 bits per heavy atom. The Hall–Kier alpha value is -2.68. The van der Waals surface area contributed by atoms with E-state index in [1.807, 2.05) is 36.4 Å². The highest BCUT2D eigenvalue weighted by molar-refractivity contribution is 5.81. The third-order valence-electron chi connectivity index (χ3n) is 3.67. The lowest BCUT2D eigenvalue weighted by Crippen LogP contribution is -2.06. The highest BCUT2D eigenvalue weighted by atomic mass is 15.1. The fraction of sp³-hybridized carbons (Fsp3) is 0.158. The van der Waals surface area contributed by atoms with Crippen LogP contribution in [0.4, 0.5) is 5.69 Å². The van der Waals surface area contributed by atoms with Crippen LogP contribution in [0, 0.1) is 6.92 Å². The van der Waals surface area contributed by atoms with Crippen molar-refractivity contribution in [2.45, 2.75) is 13.8 Å². The van der Waals surface area contributed by atoms with Gasteiger partial charge < -0.3 is 5.32 Å². The van der Waals surface area contributed by atoms with E-state index in [2.05, 4.69) is 53.6 Å². The summed E-state index contributed by atoms with van der Waals surface area (Å²) in [6.07, 6.45) is 0. The summed E-state index contributed by atoms with van der Waals surface area (Å²) < 4.78 is 0. The normalized spacial score (nSPS) is 10.5. The largest absolute Gasteiger partial charge is 0.383 e. The Labute approximate surface area is 131 Å². The number of benzene rings is 2. The van der Waals surface area contributed by atoms with E-state index in [4.69, 9.17) is 0 Å². The van der Waals surface area contributed by atoms with Crippen molar-refractivity contribution >= 4 is 5.69 Å². The lowest BCUT2D eigenvalue weighted by atomic mass is 10.0. The summed E-state index contributed by atoms with van der Waals surface area (Å²) in [7, 11) is 0. The SMILES string of the molecule is CCNc1c(-c2ccccc2)nnc(-c2ccccc2)c1C. The van der Waals surface area contributed by atoms with Crippen LogP contribution in [-0.2, 0) is 0 Å². The van der Waals surface area contributed by atoms with Crippen LogP contribution >= 0.6 is 0 Å². The molecule has 0 aliphatic carbocycles. The molecule has 0 fully saturated rings. The van der Waals surface area contributed by atoms with Crippen LogP contribution in [0.5, 0.6) is 0 Å². The molecule has 0 bridgehead atoms. The summed E-state index contributed by atoms with van der Waals surface area (Å²) in [6.45, 7) is 5.04. The van der Waals surface area contributed by atoms with Crippen LogP contribution < -0.4 is 5.32 Å². The van der Waals surface area contributed by atoms with Crippen molar-refractivity contribution in [3.63, 3.8) is 0 Å². The molecule has 3 nitrogen and oxygen atoms in total. The van der Waals surface area contributed by atoms with Gasteiger partial charge in [-0.1, -0.05) is 60.7 Å². The van der Waals surface area contributed by atoms with Gasteiger partial charge in [-0.2, -0.15) is 0 Å². The van der Waals surface area contributed by atoms with Crippen LogP contribution in [0.1, 0.15) is 12.5 Å². The van der Waals surface area contributed by atoms with Crippen molar-refractivity contribution in [2.24, 2.45) is 0 Å². The van der Waals surface area contributed by atoms with Gasteiger partial charge >= 0.3 is 0 Å². The highest BCUT2D eigenvalue weighted by Crippen LogP contribution is 2.33. The maximum atomic E-state index is 4.49. The van der Waals surface area contributed by atoms with Gasteiger partial charge in [-0.3, -0.25) is 0 Å². The van der Waals surface area contributed by atoms with E-state index in [1.165, 1.54) is 0 Å². The number of nitrogens with one attached hydrogen (secondary N) is 1. The Morgan fingerprint density at radius 2 is 1.27 bits per heavy atom. The molecule has 0 saturated heterocycles. The maximum Gasteiger partial charge on any atom is 0.116 e. The second-order valence-corrected chi connectivity index (χ2v) is 5.16. The molecule has 0 atom stereocenters. The van der Waals surface area contributed by atoms with Gasteiger partial charge in [-0.05, 0) is 13.8 Å². The molecule has 2 aromatic carbocycles. The van der Waals surface area contributed by atoms with E-state index in [0.717, 1.165) is 40.3 Å². The monoisotopic (exact) mass is 289 g/mol. The zero-order valence-electron chi connectivity index (χ0n) is 12.9. The van der Waals surface area contributed by atoms with Gasteiger partial charge in [0.2, 0.25) is 0 Å². The first-order valence-corrected chi connectivity index (χ1v) is 7.53. The van der Waals surface area contributed by atoms with E-state index in [-0.39, 0.29) is 0 Å². The van der Waals surface area contributed by atoms with Gasteiger partial charge in [0.05, 0.1) is 11.4 Å². The zero-order chi connectivity index (χ0) is 15.4. The van der Waals surface area contributed by atoms with Crippen molar-refractivity contribution in [2.75, 3.05) is 11.9 Å². The molecule has 3 heteroatoms. The third-order valence-corrected chi connectivity index (χ3v) is 3.67. The van der Waals surface area contributed by atoms with E-state index in [9.17, 15) is 0 Å². The molecular formula is C19H19N3. The molecule has 1 N–H and O–H groups in total. The number of anilines is 1. The molecule has 3 rings (SSSR count). The first kappa shape index (κ1) is 14.3. The van der Waals surface area contributed by atoms with Crippen molar-refractivity contribution in [3.8, 4) is 22.5 Å². The van der Waals surface area contributed by atoms with Gasteiger partial charge in [0.15, 0.2) is 0 Å².